The van der Waals surface area contributed by atoms with Crippen molar-refractivity contribution in [3.63, 3.8) is 0 Å². The maximum atomic E-state index is 12.2. The monoisotopic (exact) mass is 367 g/mol. The third-order valence-corrected chi connectivity index (χ3v) is 4.96. The SMILES string of the molecule is O=C(COC(=O)c1ccc([N+](=O)[O-])cc1)c1ccc(C2CCCCC2)cc1. The van der Waals surface area contributed by atoms with Gasteiger partial charge in [-0.25, -0.2) is 4.79 Å². The second-order valence-electron chi connectivity index (χ2n) is 6.76. The van der Waals surface area contributed by atoms with Gasteiger partial charge in [0.15, 0.2) is 12.4 Å². The number of hydrogen-bond donors (Lipinski definition) is 0. The number of nitro benzene ring substituents is 1. The summed E-state index contributed by atoms with van der Waals surface area (Å²) in [6.07, 6.45) is 6.20. The van der Waals surface area contributed by atoms with Gasteiger partial charge in [-0.05, 0) is 36.5 Å². The summed E-state index contributed by atoms with van der Waals surface area (Å²) in [6.45, 7) is -0.363. The van der Waals surface area contributed by atoms with Gasteiger partial charge in [0.1, 0.15) is 0 Å². The van der Waals surface area contributed by atoms with Crippen molar-refractivity contribution in [1.82, 2.24) is 0 Å². The number of hydrogen-bond acceptors (Lipinski definition) is 5. The molecule has 0 unspecified atom stereocenters. The molecular formula is C21H21NO5. The van der Waals surface area contributed by atoms with Gasteiger partial charge in [-0.15, -0.1) is 0 Å². The Labute approximate surface area is 157 Å². The van der Waals surface area contributed by atoms with E-state index in [0.717, 1.165) is 0 Å². The van der Waals surface area contributed by atoms with Gasteiger partial charge in [0.2, 0.25) is 0 Å². The molecule has 0 saturated heterocycles. The van der Waals surface area contributed by atoms with Crippen molar-refractivity contribution in [2.75, 3.05) is 6.61 Å². The molecule has 27 heavy (non-hydrogen) atoms. The van der Waals surface area contributed by atoms with Crippen molar-refractivity contribution < 1.29 is 19.2 Å². The summed E-state index contributed by atoms with van der Waals surface area (Å²) in [7, 11) is 0. The van der Waals surface area contributed by atoms with Crippen LogP contribution in [-0.2, 0) is 4.74 Å². The molecule has 0 aromatic heterocycles. The van der Waals surface area contributed by atoms with E-state index >= 15 is 0 Å². The van der Waals surface area contributed by atoms with E-state index in [9.17, 15) is 19.7 Å². The Kier molecular flexibility index (Phi) is 5.96. The summed E-state index contributed by atoms with van der Waals surface area (Å²) in [5, 5.41) is 10.6. The van der Waals surface area contributed by atoms with E-state index in [4.69, 9.17) is 4.74 Å². The minimum atomic E-state index is -0.683. The number of rotatable bonds is 6. The maximum Gasteiger partial charge on any atom is 0.338 e. The van der Waals surface area contributed by atoms with Gasteiger partial charge in [-0.3, -0.25) is 14.9 Å². The lowest BCUT2D eigenvalue weighted by molar-refractivity contribution is -0.384. The summed E-state index contributed by atoms with van der Waals surface area (Å²) < 4.78 is 5.03. The van der Waals surface area contributed by atoms with Gasteiger partial charge in [-0.2, -0.15) is 0 Å². The zero-order valence-electron chi connectivity index (χ0n) is 14.9. The number of carbonyl (C=O) groups excluding carboxylic acids is 2. The molecule has 0 N–H and O–H groups in total. The zero-order valence-corrected chi connectivity index (χ0v) is 14.9. The number of Topliss-reactive ketones (excluding diaryl/α,β-unsaturated/α-hetero) is 1. The Bertz CT molecular complexity index is 821. The number of benzene rings is 2. The van der Waals surface area contributed by atoms with Crippen molar-refractivity contribution >= 4 is 17.4 Å². The molecule has 140 valence electrons. The average molecular weight is 367 g/mol. The molecule has 1 aliphatic carbocycles. The molecule has 0 atom stereocenters. The van der Waals surface area contributed by atoms with Crippen LogP contribution in [0.2, 0.25) is 0 Å². The highest BCUT2D eigenvalue weighted by Crippen LogP contribution is 2.32. The van der Waals surface area contributed by atoms with E-state index < -0.39 is 10.9 Å². The van der Waals surface area contributed by atoms with Crippen LogP contribution in [0.15, 0.2) is 48.5 Å². The molecule has 1 fully saturated rings. The van der Waals surface area contributed by atoms with E-state index in [1.54, 1.807) is 12.1 Å². The lowest BCUT2D eigenvalue weighted by Gasteiger charge is -2.22. The normalized spacial score (nSPS) is 14.5. The Morgan fingerprint density at radius 2 is 1.52 bits per heavy atom. The van der Waals surface area contributed by atoms with Crippen molar-refractivity contribution in [2.45, 2.75) is 38.0 Å². The largest absolute Gasteiger partial charge is 0.454 e. The number of ketones is 1. The lowest BCUT2D eigenvalue weighted by Crippen LogP contribution is -2.14. The van der Waals surface area contributed by atoms with Gasteiger partial charge in [0.05, 0.1) is 10.5 Å². The third-order valence-electron chi connectivity index (χ3n) is 4.96. The summed E-state index contributed by atoms with van der Waals surface area (Å²) in [5.74, 6) is -0.389. The fourth-order valence-electron chi connectivity index (χ4n) is 3.39. The van der Waals surface area contributed by atoms with Gasteiger partial charge < -0.3 is 4.74 Å². The van der Waals surface area contributed by atoms with Gasteiger partial charge in [-0.1, -0.05) is 43.5 Å². The van der Waals surface area contributed by atoms with Crippen LogP contribution < -0.4 is 0 Å². The summed E-state index contributed by atoms with van der Waals surface area (Å²) >= 11 is 0. The second-order valence-corrected chi connectivity index (χ2v) is 6.76. The number of esters is 1. The Morgan fingerprint density at radius 3 is 2.11 bits per heavy atom. The highest BCUT2D eigenvalue weighted by atomic mass is 16.6. The van der Waals surface area contributed by atoms with Gasteiger partial charge in [0, 0.05) is 17.7 Å². The van der Waals surface area contributed by atoms with Gasteiger partial charge in [0.25, 0.3) is 5.69 Å². The highest BCUT2D eigenvalue weighted by molar-refractivity contribution is 5.99. The van der Waals surface area contributed by atoms with Gasteiger partial charge >= 0.3 is 5.97 Å². The van der Waals surface area contributed by atoms with Crippen LogP contribution in [0.4, 0.5) is 5.69 Å². The minimum absolute atomic E-state index is 0.110. The number of ether oxygens (including phenoxy) is 1. The Morgan fingerprint density at radius 1 is 0.926 bits per heavy atom. The highest BCUT2D eigenvalue weighted by Gasteiger charge is 2.17. The van der Waals surface area contributed by atoms with Crippen LogP contribution in [0.1, 0.15) is 64.3 Å². The molecular weight excluding hydrogens is 346 g/mol. The smallest absolute Gasteiger partial charge is 0.338 e. The fourth-order valence-corrected chi connectivity index (χ4v) is 3.39. The first-order chi connectivity index (χ1) is 13.0. The van der Waals surface area contributed by atoms with Crippen LogP contribution in [0.5, 0.6) is 0 Å². The first kappa shape index (κ1) is 18.8. The molecule has 1 aliphatic rings. The molecule has 2 aromatic carbocycles. The van der Waals surface area contributed by atoms with Crippen molar-refractivity contribution in [3.05, 3.63) is 75.3 Å². The second kappa shape index (κ2) is 8.58. The molecule has 0 radical (unpaired) electrons. The fraction of sp³-hybridized carbons (Fsp3) is 0.333. The van der Waals surface area contributed by atoms with E-state index in [-0.39, 0.29) is 23.6 Å². The number of carbonyl (C=O) groups is 2. The maximum absolute atomic E-state index is 12.2. The van der Waals surface area contributed by atoms with Crippen molar-refractivity contribution in [1.29, 1.82) is 0 Å². The minimum Gasteiger partial charge on any atom is -0.454 e. The van der Waals surface area contributed by atoms with Crippen LogP contribution in [-0.4, -0.2) is 23.3 Å². The number of nitrogens with zero attached hydrogens (tertiary/aromatic N) is 1. The first-order valence-corrected chi connectivity index (χ1v) is 9.09. The summed E-state index contributed by atoms with van der Waals surface area (Å²) in [6, 6.07) is 12.6. The first-order valence-electron chi connectivity index (χ1n) is 9.09. The standard InChI is InChI=1S/C21H21NO5/c23-20(14-27-21(24)18-10-12-19(13-11-18)22(25)26)17-8-6-16(7-9-17)15-4-2-1-3-5-15/h6-13,15H,1-5,14H2. The molecule has 0 amide bonds. The van der Waals surface area contributed by atoms with E-state index in [0.29, 0.717) is 11.5 Å². The molecule has 2 aromatic rings. The van der Waals surface area contributed by atoms with Crippen LogP contribution in [0, 0.1) is 10.1 Å². The van der Waals surface area contributed by atoms with Crippen LogP contribution in [0.3, 0.4) is 0 Å². The number of non-ortho nitro benzene ring substituents is 1. The summed E-state index contributed by atoms with van der Waals surface area (Å²) in [4.78, 5) is 34.3. The lowest BCUT2D eigenvalue weighted by atomic mass is 9.84. The molecule has 1 saturated carbocycles. The number of nitro groups is 1. The van der Waals surface area contributed by atoms with E-state index in [2.05, 4.69) is 0 Å². The van der Waals surface area contributed by atoms with Crippen LogP contribution in [0.25, 0.3) is 0 Å². The molecule has 0 spiro atoms. The quantitative estimate of drug-likeness (QED) is 0.320. The van der Waals surface area contributed by atoms with E-state index in [1.165, 1.54) is 61.9 Å². The summed E-state index contributed by atoms with van der Waals surface area (Å²) in [5.41, 5.74) is 1.82. The third kappa shape index (κ3) is 4.78. The average Bonchev–Trinajstić information content (AvgIpc) is 2.72. The Hall–Kier alpha value is -3.02. The molecule has 6 nitrogen and oxygen atoms in total. The van der Waals surface area contributed by atoms with Crippen molar-refractivity contribution in [3.8, 4) is 0 Å². The molecule has 0 bridgehead atoms. The molecule has 6 heteroatoms. The predicted octanol–water partition coefficient (Wildman–Crippen LogP) is 4.68. The zero-order chi connectivity index (χ0) is 19.2. The topological polar surface area (TPSA) is 86.5 Å². The molecule has 0 heterocycles. The molecule has 3 rings (SSSR count). The van der Waals surface area contributed by atoms with Crippen LogP contribution >= 0.6 is 0 Å². The van der Waals surface area contributed by atoms with E-state index in [1.807, 2.05) is 12.1 Å². The predicted molar refractivity (Wildman–Crippen MR) is 100.0 cm³/mol. The molecule has 0 aliphatic heterocycles. The van der Waals surface area contributed by atoms with Crippen molar-refractivity contribution in [2.24, 2.45) is 0 Å². The Balaban J connectivity index is 1.55.